The van der Waals surface area contributed by atoms with Crippen LogP contribution in [-0.4, -0.2) is 66.9 Å². The van der Waals surface area contributed by atoms with Crippen molar-refractivity contribution in [3.63, 3.8) is 0 Å². The molecule has 1 fully saturated rings. The zero-order valence-corrected chi connectivity index (χ0v) is 15.9. The largest absolute Gasteiger partial charge is 0.497 e. The predicted octanol–water partition coefficient (Wildman–Crippen LogP) is 0.822. The highest BCUT2D eigenvalue weighted by molar-refractivity contribution is 5.93. The third-order valence-electron chi connectivity index (χ3n) is 4.70. The van der Waals surface area contributed by atoms with Crippen LogP contribution in [0.5, 0.6) is 5.75 Å². The summed E-state index contributed by atoms with van der Waals surface area (Å²) in [5.74, 6) is -0.139. The molecular weight excluding hydrogens is 348 g/mol. The predicted molar refractivity (Wildman–Crippen MR) is 102 cm³/mol. The molecule has 2 rings (SSSR count). The first kappa shape index (κ1) is 20.7. The molecule has 1 saturated heterocycles. The maximum absolute atomic E-state index is 12.6. The maximum atomic E-state index is 12.6. The molecule has 1 aliphatic rings. The van der Waals surface area contributed by atoms with E-state index in [2.05, 4.69) is 5.32 Å². The Kier molecular flexibility index (Phi) is 7.60. The smallest absolute Gasteiger partial charge is 0.240 e. The lowest BCUT2D eigenvalue weighted by molar-refractivity contribution is -0.142. The monoisotopic (exact) mass is 376 g/mol. The second-order valence-corrected chi connectivity index (χ2v) is 6.58. The van der Waals surface area contributed by atoms with E-state index in [0.29, 0.717) is 30.9 Å². The number of likely N-dealkylation sites (N-methyl/N-ethyl adjacent to an activating group) is 1. The summed E-state index contributed by atoms with van der Waals surface area (Å²) in [5, 5.41) is 2.80. The third kappa shape index (κ3) is 5.96. The number of methoxy groups -OCH3 is 1. The summed E-state index contributed by atoms with van der Waals surface area (Å²) in [6, 6.07) is 6.49. The summed E-state index contributed by atoms with van der Waals surface area (Å²) in [6.45, 7) is 3.12. The molecule has 148 valence electrons. The van der Waals surface area contributed by atoms with Gasteiger partial charge in [0.25, 0.3) is 0 Å². The van der Waals surface area contributed by atoms with Gasteiger partial charge in [-0.1, -0.05) is 6.92 Å². The minimum Gasteiger partial charge on any atom is -0.497 e. The van der Waals surface area contributed by atoms with Crippen LogP contribution in [0.25, 0.3) is 0 Å². The van der Waals surface area contributed by atoms with Crippen LogP contribution in [0, 0.1) is 0 Å². The Morgan fingerprint density at radius 2 is 1.93 bits per heavy atom. The minimum absolute atomic E-state index is 0.0797. The van der Waals surface area contributed by atoms with Crippen LogP contribution >= 0.6 is 0 Å². The Morgan fingerprint density at radius 3 is 2.52 bits per heavy atom. The van der Waals surface area contributed by atoms with Crippen LogP contribution in [0.1, 0.15) is 26.2 Å². The van der Waals surface area contributed by atoms with E-state index in [0.717, 1.165) is 12.8 Å². The van der Waals surface area contributed by atoms with Gasteiger partial charge in [0.1, 0.15) is 11.8 Å². The van der Waals surface area contributed by atoms with Gasteiger partial charge in [-0.2, -0.15) is 0 Å². The highest BCUT2D eigenvalue weighted by Gasteiger charge is 2.31. The number of nitrogens with zero attached hydrogens (tertiary/aromatic N) is 2. The number of carbonyl (C=O) groups is 3. The van der Waals surface area contributed by atoms with Gasteiger partial charge in [0.05, 0.1) is 20.2 Å². The number of primary amides is 1. The number of nitrogens with two attached hydrogens (primary N) is 1. The fraction of sp³-hybridized carbons (Fsp3) is 0.526. The van der Waals surface area contributed by atoms with E-state index in [1.807, 2.05) is 6.92 Å². The van der Waals surface area contributed by atoms with Crippen LogP contribution in [0.4, 0.5) is 5.69 Å². The van der Waals surface area contributed by atoms with Gasteiger partial charge in [0, 0.05) is 12.2 Å². The van der Waals surface area contributed by atoms with Crippen molar-refractivity contribution in [2.75, 3.05) is 38.6 Å². The van der Waals surface area contributed by atoms with Gasteiger partial charge in [-0.3, -0.25) is 19.3 Å². The molecule has 27 heavy (non-hydrogen) atoms. The maximum Gasteiger partial charge on any atom is 0.240 e. The number of nitrogens with one attached hydrogen (secondary N) is 1. The summed E-state index contributed by atoms with van der Waals surface area (Å²) in [5.41, 5.74) is 6.09. The minimum atomic E-state index is -0.543. The van der Waals surface area contributed by atoms with Crippen LogP contribution < -0.4 is 15.8 Å². The SMILES string of the molecule is CCN(CC(=O)Nc1ccc(OC)cc1)CC(=O)N1CCCC[C@H]1C(N)=O. The number of rotatable bonds is 8. The van der Waals surface area contributed by atoms with Crippen molar-refractivity contribution < 1.29 is 19.1 Å². The van der Waals surface area contributed by atoms with Gasteiger partial charge in [-0.15, -0.1) is 0 Å². The van der Waals surface area contributed by atoms with E-state index in [1.165, 1.54) is 0 Å². The topological polar surface area (TPSA) is 105 Å². The molecule has 0 saturated carbocycles. The van der Waals surface area contributed by atoms with Gasteiger partial charge in [0.15, 0.2) is 0 Å². The molecule has 1 aromatic rings. The van der Waals surface area contributed by atoms with Gasteiger partial charge < -0.3 is 20.7 Å². The van der Waals surface area contributed by atoms with Crippen molar-refractivity contribution in [1.29, 1.82) is 0 Å². The Bertz CT molecular complexity index is 662. The fourth-order valence-electron chi connectivity index (χ4n) is 3.17. The number of piperidine rings is 1. The lowest BCUT2D eigenvalue weighted by Crippen LogP contribution is -2.53. The molecule has 8 nitrogen and oxygen atoms in total. The molecule has 3 amide bonds. The number of benzene rings is 1. The average molecular weight is 376 g/mol. The van der Waals surface area contributed by atoms with E-state index >= 15 is 0 Å². The lowest BCUT2D eigenvalue weighted by Gasteiger charge is -2.35. The van der Waals surface area contributed by atoms with Crippen molar-refractivity contribution in [3.05, 3.63) is 24.3 Å². The molecule has 1 aliphatic heterocycles. The van der Waals surface area contributed by atoms with Crippen molar-refractivity contribution >= 4 is 23.4 Å². The Hall–Kier alpha value is -2.61. The molecule has 0 bridgehead atoms. The number of amides is 3. The molecule has 0 aliphatic carbocycles. The highest BCUT2D eigenvalue weighted by Crippen LogP contribution is 2.17. The third-order valence-corrected chi connectivity index (χ3v) is 4.70. The van der Waals surface area contributed by atoms with E-state index in [9.17, 15) is 14.4 Å². The molecule has 1 aromatic carbocycles. The van der Waals surface area contributed by atoms with E-state index < -0.39 is 11.9 Å². The summed E-state index contributed by atoms with van der Waals surface area (Å²) in [4.78, 5) is 39.8. The molecule has 1 heterocycles. The van der Waals surface area contributed by atoms with Gasteiger partial charge in [0.2, 0.25) is 17.7 Å². The number of hydrogen-bond donors (Lipinski definition) is 2. The van der Waals surface area contributed by atoms with E-state index in [4.69, 9.17) is 10.5 Å². The highest BCUT2D eigenvalue weighted by atomic mass is 16.5. The molecule has 3 N–H and O–H groups in total. The Morgan fingerprint density at radius 1 is 1.22 bits per heavy atom. The molecule has 0 spiro atoms. The Balaban J connectivity index is 1.90. The number of anilines is 1. The first-order valence-electron chi connectivity index (χ1n) is 9.19. The van der Waals surface area contributed by atoms with Crippen LogP contribution in [0.2, 0.25) is 0 Å². The summed E-state index contributed by atoms with van der Waals surface area (Å²) >= 11 is 0. The molecule has 8 heteroatoms. The number of likely N-dealkylation sites (tertiary alicyclic amines) is 1. The van der Waals surface area contributed by atoms with Crippen LogP contribution in [0.3, 0.4) is 0 Å². The first-order valence-corrected chi connectivity index (χ1v) is 9.19. The standard InChI is InChI=1S/C19H28N4O4/c1-3-22(12-17(24)21-14-7-9-15(27-2)10-8-14)13-18(25)23-11-5-4-6-16(23)19(20)26/h7-10,16H,3-6,11-13H2,1-2H3,(H2,20,26)(H,21,24)/t16-/m0/s1. The summed E-state index contributed by atoms with van der Waals surface area (Å²) in [7, 11) is 1.58. The van der Waals surface area contributed by atoms with E-state index in [1.54, 1.807) is 41.2 Å². The number of carbonyl (C=O) groups excluding carboxylic acids is 3. The zero-order chi connectivity index (χ0) is 19.8. The van der Waals surface area contributed by atoms with Crippen molar-refractivity contribution in [3.8, 4) is 5.75 Å². The van der Waals surface area contributed by atoms with Gasteiger partial charge in [-0.25, -0.2) is 0 Å². The average Bonchev–Trinajstić information content (AvgIpc) is 2.67. The number of hydrogen-bond acceptors (Lipinski definition) is 5. The van der Waals surface area contributed by atoms with Crippen LogP contribution in [0.15, 0.2) is 24.3 Å². The second-order valence-electron chi connectivity index (χ2n) is 6.58. The van der Waals surface area contributed by atoms with Crippen molar-refractivity contribution in [1.82, 2.24) is 9.80 Å². The fourth-order valence-corrected chi connectivity index (χ4v) is 3.17. The molecule has 1 atom stereocenters. The summed E-state index contributed by atoms with van der Waals surface area (Å²) < 4.78 is 5.09. The number of ether oxygens (including phenoxy) is 1. The normalized spacial score (nSPS) is 16.9. The van der Waals surface area contributed by atoms with Gasteiger partial charge in [-0.05, 0) is 50.1 Å². The molecule has 0 radical (unpaired) electrons. The zero-order valence-electron chi connectivity index (χ0n) is 15.9. The van der Waals surface area contributed by atoms with E-state index in [-0.39, 0.29) is 24.9 Å². The quantitative estimate of drug-likeness (QED) is 0.699. The molecule has 0 aromatic heterocycles. The van der Waals surface area contributed by atoms with Crippen molar-refractivity contribution in [2.45, 2.75) is 32.2 Å². The van der Waals surface area contributed by atoms with Crippen LogP contribution in [-0.2, 0) is 14.4 Å². The first-order chi connectivity index (χ1) is 12.9. The second kappa shape index (κ2) is 9.91. The van der Waals surface area contributed by atoms with Gasteiger partial charge >= 0.3 is 0 Å². The molecular formula is C19H28N4O4. The summed E-state index contributed by atoms with van der Waals surface area (Å²) in [6.07, 6.45) is 2.35. The molecule has 0 unspecified atom stereocenters. The lowest BCUT2D eigenvalue weighted by atomic mass is 10.0. The van der Waals surface area contributed by atoms with Crippen molar-refractivity contribution in [2.24, 2.45) is 5.73 Å². The Labute approximate surface area is 159 Å².